The van der Waals surface area contributed by atoms with E-state index in [1.807, 2.05) is 97.1 Å². The summed E-state index contributed by atoms with van der Waals surface area (Å²) in [5, 5.41) is 11.9. The Kier molecular flexibility index (Phi) is 12.5. The second-order valence-corrected chi connectivity index (χ2v) is 10.0. The maximum atomic E-state index is 11.9. The largest absolute Gasteiger partial charge is 0.374 e. The van der Waals surface area contributed by atoms with Gasteiger partial charge in [0.2, 0.25) is 6.54 Å². The number of rotatable bonds is 17. The summed E-state index contributed by atoms with van der Waals surface area (Å²) in [6, 6.07) is 29.4. The number of nitrogens with zero attached hydrogens (tertiary/aromatic N) is 1. The van der Waals surface area contributed by atoms with Crippen LogP contribution in [0.25, 0.3) is 0 Å². The zero-order valence-electron chi connectivity index (χ0n) is 23.3. The molecule has 0 aromatic heterocycles. The molecule has 8 nitrogen and oxygen atoms in total. The van der Waals surface area contributed by atoms with Crippen LogP contribution in [-0.4, -0.2) is 49.3 Å². The molecule has 3 aromatic carbocycles. The Hall–Kier alpha value is -3.40. The van der Waals surface area contributed by atoms with Gasteiger partial charge in [0.05, 0.1) is 33.0 Å². The number of hydrogen-bond donors (Lipinski definition) is 0. The van der Waals surface area contributed by atoms with Crippen molar-refractivity contribution >= 4 is 0 Å². The Morgan fingerprint density at radius 2 is 1.32 bits per heavy atom. The summed E-state index contributed by atoms with van der Waals surface area (Å²) in [6.07, 6.45) is 0.586. The molecule has 1 aliphatic rings. The third kappa shape index (κ3) is 9.88. The third-order valence-electron chi connectivity index (χ3n) is 6.93. The van der Waals surface area contributed by atoms with E-state index in [0.717, 1.165) is 29.5 Å². The van der Waals surface area contributed by atoms with E-state index in [2.05, 4.69) is 6.58 Å². The summed E-state index contributed by atoms with van der Waals surface area (Å²) in [5.41, 5.74) is 2.97. The summed E-state index contributed by atoms with van der Waals surface area (Å²) in [7, 11) is 0. The van der Waals surface area contributed by atoms with Gasteiger partial charge in [-0.25, -0.2) is 0 Å². The summed E-state index contributed by atoms with van der Waals surface area (Å²) in [6.45, 7) is 4.93. The highest BCUT2D eigenvalue weighted by molar-refractivity contribution is 5.15. The van der Waals surface area contributed by atoms with Crippen molar-refractivity contribution in [3.05, 3.63) is 130 Å². The first kappa shape index (κ1) is 30.6. The van der Waals surface area contributed by atoms with E-state index in [1.165, 1.54) is 0 Å². The smallest absolute Gasteiger partial charge is 0.214 e. The van der Waals surface area contributed by atoms with Crippen molar-refractivity contribution in [1.82, 2.24) is 0 Å². The lowest BCUT2D eigenvalue weighted by Crippen LogP contribution is -2.60. The van der Waals surface area contributed by atoms with Crippen LogP contribution in [0, 0.1) is 16.0 Å². The summed E-state index contributed by atoms with van der Waals surface area (Å²) < 4.78 is 31.6. The molecule has 1 heterocycles. The van der Waals surface area contributed by atoms with Gasteiger partial charge < -0.3 is 23.7 Å². The molecule has 0 saturated carbocycles. The minimum atomic E-state index is -0.854. The molecule has 1 fully saturated rings. The van der Waals surface area contributed by atoms with Gasteiger partial charge in [-0.3, -0.25) is 10.1 Å². The fourth-order valence-corrected chi connectivity index (χ4v) is 4.87. The standard InChI is InChI=1S/C33H39NO7/c1-2-3-13-20-38-33-29(21-34(35)36)31(39-23-27-16-9-5-10-17-27)32(40-24-28-18-11-6-12-19-28)30(41-33)25-37-22-26-14-7-4-8-15-26/h2,4-12,14-19,29-33H,1,3,13,20-25H2/t29-,30-,31-,32-,33?/m1/s1. The molecule has 4 rings (SSSR count). The van der Waals surface area contributed by atoms with E-state index in [0.29, 0.717) is 19.8 Å². The first-order chi connectivity index (χ1) is 20.1. The van der Waals surface area contributed by atoms with Crippen LogP contribution in [0.5, 0.6) is 0 Å². The Bertz CT molecular complexity index is 1160. The Labute approximate surface area is 242 Å². The molecular weight excluding hydrogens is 522 g/mol. The maximum Gasteiger partial charge on any atom is 0.214 e. The van der Waals surface area contributed by atoms with Gasteiger partial charge in [-0.2, -0.15) is 0 Å². The molecule has 0 amide bonds. The summed E-state index contributed by atoms with van der Waals surface area (Å²) >= 11 is 0. The molecule has 1 unspecified atom stereocenters. The highest BCUT2D eigenvalue weighted by Crippen LogP contribution is 2.33. The normalized spacial score (nSPS) is 22.3. The number of hydrogen-bond acceptors (Lipinski definition) is 7. The molecule has 0 aliphatic carbocycles. The number of ether oxygens (including phenoxy) is 5. The lowest BCUT2D eigenvalue weighted by molar-refractivity contribution is -0.503. The van der Waals surface area contributed by atoms with Gasteiger partial charge >= 0.3 is 0 Å². The highest BCUT2D eigenvalue weighted by Gasteiger charge is 2.50. The van der Waals surface area contributed by atoms with Crippen molar-refractivity contribution < 1.29 is 28.6 Å². The van der Waals surface area contributed by atoms with E-state index in [1.54, 1.807) is 0 Å². The lowest BCUT2D eigenvalue weighted by atomic mass is 9.90. The van der Waals surface area contributed by atoms with Crippen LogP contribution in [0.15, 0.2) is 104 Å². The molecule has 0 radical (unpaired) electrons. The Morgan fingerprint density at radius 1 is 0.780 bits per heavy atom. The minimum absolute atomic E-state index is 0.206. The van der Waals surface area contributed by atoms with Crippen molar-refractivity contribution in [2.24, 2.45) is 5.92 Å². The first-order valence-electron chi connectivity index (χ1n) is 14.1. The quantitative estimate of drug-likeness (QED) is 0.0868. The molecule has 3 aromatic rings. The maximum absolute atomic E-state index is 11.9. The SMILES string of the molecule is C=CCCCOC1O[C@H](COCc2ccccc2)[C@@H](OCc2ccccc2)[C@H](OCc2ccccc2)[C@H]1C[N+](=O)[O-]. The van der Waals surface area contributed by atoms with Crippen LogP contribution >= 0.6 is 0 Å². The third-order valence-corrected chi connectivity index (χ3v) is 6.93. The van der Waals surface area contributed by atoms with Crippen LogP contribution in [0.3, 0.4) is 0 Å². The predicted octanol–water partition coefficient (Wildman–Crippen LogP) is 5.97. The van der Waals surface area contributed by atoms with Crippen molar-refractivity contribution in [2.75, 3.05) is 19.8 Å². The monoisotopic (exact) mass is 561 g/mol. The van der Waals surface area contributed by atoms with E-state index in [9.17, 15) is 10.1 Å². The molecule has 8 heteroatoms. The van der Waals surface area contributed by atoms with Crippen LogP contribution < -0.4 is 0 Å². The molecule has 218 valence electrons. The van der Waals surface area contributed by atoms with Gasteiger partial charge in [0.25, 0.3) is 0 Å². The molecule has 0 N–H and O–H groups in total. The average Bonchev–Trinajstić information content (AvgIpc) is 3.00. The van der Waals surface area contributed by atoms with Gasteiger partial charge in [0, 0.05) is 4.92 Å². The van der Waals surface area contributed by atoms with Crippen molar-refractivity contribution in [1.29, 1.82) is 0 Å². The molecule has 0 bridgehead atoms. The second kappa shape index (κ2) is 16.8. The van der Waals surface area contributed by atoms with Gasteiger partial charge in [0.15, 0.2) is 6.29 Å². The zero-order valence-corrected chi connectivity index (χ0v) is 23.3. The fraction of sp³-hybridized carbons (Fsp3) is 0.394. The van der Waals surface area contributed by atoms with Crippen LogP contribution in [0.1, 0.15) is 29.5 Å². The van der Waals surface area contributed by atoms with Gasteiger partial charge in [0.1, 0.15) is 24.2 Å². The molecule has 1 aliphatic heterocycles. The van der Waals surface area contributed by atoms with E-state index in [4.69, 9.17) is 23.7 Å². The van der Waals surface area contributed by atoms with Crippen molar-refractivity contribution in [2.45, 2.75) is 57.3 Å². The fourth-order valence-electron chi connectivity index (χ4n) is 4.87. The second-order valence-electron chi connectivity index (χ2n) is 10.0. The predicted molar refractivity (Wildman–Crippen MR) is 156 cm³/mol. The topological polar surface area (TPSA) is 89.3 Å². The molecule has 0 spiro atoms. The zero-order chi connectivity index (χ0) is 28.7. The minimum Gasteiger partial charge on any atom is -0.374 e. The van der Waals surface area contributed by atoms with Crippen LogP contribution in [0.2, 0.25) is 0 Å². The van der Waals surface area contributed by atoms with E-state index in [-0.39, 0.29) is 24.7 Å². The molecular formula is C33H39NO7. The Morgan fingerprint density at radius 3 is 1.85 bits per heavy atom. The number of allylic oxidation sites excluding steroid dienone is 1. The molecule has 5 atom stereocenters. The van der Waals surface area contributed by atoms with E-state index >= 15 is 0 Å². The molecule has 1 saturated heterocycles. The van der Waals surface area contributed by atoms with Gasteiger partial charge in [-0.15, -0.1) is 6.58 Å². The van der Waals surface area contributed by atoms with Crippen LogP contribution in [-0.2, 0) is 43.5 Å². The number of nitro groups is 1. The molecule has 41 heavy (non-hydrogen) atoms. The van der Waals surface area contributed by atoms with Gasteiger partial charge in [-0.05, 0) is 29.5 Å². The van der Waals surface area contributed by atoms with Crippen molar-refractivity contribution in [3.63, 3.8) is 0 Å². The number of benzene rings is 3. The van der Waals surface area contributed by atoms with Crippen molar-refractivity contribution in [3.8, 4) is 0 Å². The number of unbranched alkanes of at least 4 members (excludes halogenated alkanes) is 1. The summed E-state index contributed by atoms with van der Waals surface area (Å²) in [5.74, 6) is -0.691. The van der Waals surface area contributed by atoms with Crippen LogP contribution in [0.4, 0.5) is 0 Å². The lowest BCUT2D eigenvalue weighted by Gasteiger charge is -2.45. The average molecular weight is 562 g/mol. The van der Waals surface area contributed by atoms with E-state index < -0.39 is 30.5 Å². The first-order valence-corrected chi connectivity index (χ1v) is 14.1. The summed E-state index contributed by atoms with van der Waals surface area (Å²) in [4.78, 5) is 11.5. The Balaban J connectivity index is 1.59. The van der Waals surface area contributed by atoms with Gasteiger partial charge in [-0.1, -0.05) is 97.1 Å². The highest BCUT2D eigenvalue weighted by atomic mass is 16.7.